The summed E-state index contributed by atoms with van der Waals surface area (Å²) < 4.78 is 10.8. The number of para-hydroxylation sites is 2. The number of amides is 1. The van der Waals surface area contributed by atoms with Crippen LogP contribution in [0, 0.1) is 11.3 Å². The van der Waals surface area contributed by atoms with E-state index >= 15 is 0 Å². The van der Waals surface area contributed by atoms with Crippen molar-refractivity contribution in [3.8, 4) is 17.6 Å². The Morgan fingerprint density at radius 2 is 2.03 bits per heavy atom. The molecule has 1 aromatic heterocycles. The zero-order valence-corrected chi connectivity index (χ0v) is 17.7. The van der Waals surface area contributed by atoms with Gasteiger partial charge in [0, 0.05) is 29.2 Å². The van der Waals surface area contributed by atoms with Crippen LogP contribution in [0.1, 0.15) is 18.1 Å². The lowest BCUT2D eigenvalue weighted by molar-refractivity contribution is -0.144. The molecule has 8 nitrogen and oxygen atoms in total. The van der Waals surface area contributed by atoms with Crippen molar-refractivity contribution in [1.82, 2.24) is 10.3 Å². The SMILES string of the molecule is COc1cccc(C=C(C#N)C(=O)NCCc2c[nH]c3ccccc23)c1OC(C)C(=O)O. The number of rotatable bonds is 9. The maximum Gasteiger partial charge on any atom is 0.344 e. The lowest BCUT2D eigenvalue weighted by Crippen LogP contribution is -2.26. The number of carboxylic acids is 1. The molecule has 1 heterocycles. The fourth-order valence-corrected chi connectivity index (χ4v) is 3.21. The molecule has 0 saturated heterocycles. The Labute approximate surface area is 185 Å². The lowest BCUT2D eigenvalue weighted by atomic mass is 10.1. The number of nitrogens with zero attached hydrogens (tertiary/aromatic N) is 1. The summed E-state index contributed by atoms with van der Waals surface area (Å²) >= 11 is 0. The summed E-state index contributed by atoms with van der Waals surface area (Å²) in [6.45, 7) is 1.72. The number of carbonyl (C=O) groups is 2. The van der Waals surface area contributed by atoms with E-state index in [-0.39, 0.29) is 11.3 Å². The standard InChI is InChI=1S/C24H23N3O5/c1-15(24(29)30)32-22-16(6-5-9-21(22)31-2)12-18(13-25)23(28)26-11-10-17-14-27-20-8-4-3-7-19(17)20/h3-9,12,14-15,27H,10-11H2,1-2H3,(H,26,28)(H,29,30). The van der Waals surface area contributed by atoms with E-state index in [2.05, 4.69) is 10.3 Å². The molecule has 3 rings (SSSR count). The number of aromatic nitrogens is 1. The van der Waals surface area contributed by atoms with Crippen molar-refractivity contribution in [2.45, 2.75) is 19.4 Å². The number of hydrogen-bond donors (Lipinski definition) is 3. The molecular weight excluding hydrogens is 410 g/mol. The van der Waals surface area contributed by atoms with Crippen molar-refractivity contribution in [1.29, 1.82) is 5.26 Å². The van der Waals surface area contributed by atoms with E-state index < -0.39 is 18.0 Å². The number of nitriles is 1. The van der Waals surface area contributed by atoms with Gasteiger partial charge in [0.2, 0.25) is 0 Å². The number of ether oxygens (including phenoxy) is 2. The summed E-state index contributed by atoms with van der Waals surface area (Å²) in [4.78, 5) is 27.0. The van der Waals surface area contributed by atoms with E-state index in [0.29, 0.717) is 24.3 Å². The van der Waals surface area contributed by atoms with E-state index in [9.17, 15) is 14.9 Å². The van der Waals surface area contributed by atoms with Crippen molar-refractivity contribution in [2.75, 3.05) is 13.7 Å². The number of aromatic amines is 1. The number of H-pyrrole nitrogens is 1. The number of carbonyl (C=O) groups excluding carboxylic acids is 1. The third-order valence-electron chi connectivity index (χ3n) is 4.89. The van der Waals surface area contributed by atoms with Crippen LogP contribution in [0.3, 0.4) is 0 Å². The molecule has 0 aliphatic heterocycles. The van der Waals surface area contributed by atoms with Gasteiger partial charge < -0.3 is 24.9 Å². The maximum atomic E-state index is 12.6. The Balaban J connectivity index is 1.75. The van der Waals surface area contributed by atoms with Crippen LogP contribution in [0.4, 0.5) is 0 Å². The second-order valence-corrected chi connectivity index (χ2v) is 7.01. The van der Waals surface area contributed by atoms with Crippen LogP contribution in [-0.2, 0) is 16.0 Å². The van der Waals surface area contributed by atoms with Crippen LogP contribution >= 0.6 is 0 Å². The number of methoxy groups -OCH3 is 1. The maximum absolute atomic E-state index is 12.6. The van der Waals surface area contributed by atoms with Crippen molar-refractivity contribution >= 4 is 28.9 Å². The van der Waals surface area contributed by atoms with Gasteiger partial charge >= 0.3 is 5.97 Å². The minimum absolute atomic E-state index is 0.134. The lowest BCUT2D eigenvalue weighted by Gasteiger charge is -2.16. The van der Waals surface area contributed by atoms with Crippen molar-refractivity contribution in [3.63, 3.8) is 0 Å². The molecule has 3 aromatic rings. The number of aliphatic carboxylic acids is 1. The van der Waals surface area contributed by atoms with Gasteiger partial charge in [-0.05, 0) is 37.1 Å². The van der Waals surface area contributed by atoms with E-state index in [1.165, 1.54) is 20.1 Å². The minimum atomic E-state index is -1.15. The van der Waals surface area contributed by atoms with E-state index in [1.54, 1.807) is 18.2 Å². The molecule has 3 N–H and O–H groups in total. The molecule has 1 amide bonds. The molecule has 2 aromatic carbocycles. The fourth-order valence-electron chi connectivity index (χ4n) is 3.21. The van der Waals surface area contributed by atoms with Gasteiger partial charge in [0.05, 0.1) is 7.11 Å². The topological polar surface area (TPSA) is 124 Å². The first-order valence-corrected chi connectivity index (χ1v) is 9.96. The second-order valence-electron chi connectivity index (χ2n) is 7.01. The highest BCUT2D eigenvalue weighted by Crippen LogP contribution is 2.33. The summed E-state index contributed by atoms with van der Waals surface area (Å²) in [5.74, 6) is -1.25. The van der Waals surface area contributed by atoms with Crippen LogP contribution in [0.5, 0.6) is 11.5 Å². The molecule has 1 atom stereocenters. The van der Waals surface area contributed by atoms with Gasteiger partial charge in [0.1, 0.15) is 11.6 Å². The molecule has 0 bridgehead atoms. The zero-order chi connectivity index (χ0) is 23.1. The Bertz CT molecular complexity index is 1210. The summed E-state index contributed by atoms with van der Waals surface area (Å²) in [6.07, 6.45) is 2.71. The third kappa shape index (κ3) is 5.08. The molecule has 0 fully saturated rings. The van der Waals surface area contributed by atoms with Crippen LogP contribution in [-0.4, -0.2) is 41.7 Å². The Morgan fingerprint density at radius 1 is 1.25 bits per heavy atom. The highest BCUT2D eigenvalue weighted by Gasteiger charge is 2.19. The number of benzene rings is 2. The largest absolute Gasteiger partial charge is 0.493 e. The molecule has 0 saturated carbocycles. The predicted octanol–water partition coefficient (Wildman–Crippen LogP) is 3.29. The van der Waals surface area contributed by atoms with Crippen LogP contribution in [0.25, 0.3) is 17.0 Å². The van der Waals surface area contributed by atoms with E-state index in [0.717, 1.165) is 16.5 Å². The van der Waals surface area contributed by atoms with Gasteiger partial charge in [-0.3, -0.25) is 4.79 Å². The van der Waals surface area contributed by atoms with Crippen molar-refractivity contribution in [2.24, 2.45) is 0 Å². The van der Waals surface area contributed by atoms with Gasteiger partial charge in [-0.2, -0.15) is 5.26 Å². The first kappa shape index (κ1) is 22.4. The van der Waals surface area contributed by atoms with Gasteiger partial charge in [0.15, 0.2) is 17.6 Å². The van der Waals surface area contributed by atoms with Crippen molar-refractivity contribution < 1.29 is 24.2 Å². The molecule has 1 unspecified atom stereocenters. The minimum Gasteiger partial charge on any atom is -0.493 e. The first-order valence-electron chi connectivity index (χ1n) is 9.96. The summed E-state index contributed by atoms with van der Waals surface area (Å²) in [5.41, 5.74) is 2.31. The number of hydrogen-bond acceptors (Lipinski definition) is 5. The normalized spacial score (nSPS) is 12.1. The Kier molecular flexibility index (Phi) is 7.13. The molecule has 0 radical (unpaired) electrons. The number of fused-ring (bicyclic) bond motifs is 1. The highest BCUT2D eigenvalue weighted by atomic mass is 16.5. The van der Waals surface area contributed by atoms with E-state index in [4.69, 9.17) is 14.6 Å². The Morgan fingerprint density at radius 3 is 2.75 bits per heavy atom. The van der Waals surface area contributed by atoms with Crippen LogP contribution < -0.4 is 14.8 Å². The van der Waals surface area contributed by atoms with Gasteiger partial charge in [-0.1, -0.05) is 30.3 Å². The number of carboxylic acid groups (broad SMARTS) is 1. The van der Waals surface area contributed by atoms with Crippen LogP contribution in [0.2, 0.25) is 0 Å². The smallest absolute Gasteiger partial charge is 0.344 e. The monoisotopic (exact) mass is 433 g/mol. The molecule has 32 heavy (non-hydrogen) atoms. The predicted molar refractivity (Wildman–Crippen MR) is 119 cm³/mol. The fraction of sp³-hybridized carbons (Fsp3) is 0.208. The molecule has 0 aliphatic carbocycles. The third-order valence-corrected chi connectivity index (χ3v) is 4.89. The van der Waals surface area contributed by atoms with E-state index in [1.807, 2.05) is 36.5 Å². The molecule has 8 heteroatoms. The van der Waals surface area contributed by atoms with Crippen LogP contribution in [0.15, 0.2) is 54.2 Å². The van der Waals surface area contributed by atoms with Gasteiger partial charge in [0.25, 0.3) is 5.91 Å². The van der Waals surface area contributed by atoms with Gasteiger partial charge in [-0.15, -0.1) is 0 Å². The molecule has 0 spiro atoms. The summed E-state index contributed by atoms with van der Waals surface area (Å²) in [5, 5.41) is 22.5. The van der Waals surface area contributed by atoms with Gasteiger partial charge in [-0.25, -0.2) is 4.79 Å². The molecular formula is C24H23N3O5. The average molecular weight is 433 g/mol. The highest BCUT2D eigenvalue weighted by molar-refractivity contribution is 6.02. The molecule has 0 aliphatic rings. The number of nitrogens with one attached hydrogen (secondary N) is 2. The average Bonchev–Trinajstić information content (AvgIpc) is 3.21. The first-order chi connectivity index (χ1) is 15.4. The quantitative estimate of drug-likeness (QED) is 0.351. The molecule has 164 valence electrons. The Hall–Kier alpha value is -4.25. The second kappa shape index (κ2) is 10.2. The zero-order valence-electron chi connectivity index (χ0n) is 17.7. The summed E-state index contributed by atoms with van der Waals surface area (Å²) in [6, 6.07) is 14.7. The van der Waals surface area contributed by atoms with Crippen molar-refractivity contribution in [3.05, 3.63) is 65.4 Å². The summed E-state index contributed by atoms with van der Waals surface area (Å²) in [7, 11) is 1.42.